The van der Waals surface area contributed by atoms with Crippen LogP contribution in [0.2, 0.25) is 0 Å². The molecular formula is C63H33F3N6S. The molecule has 0 atom stereocenters. The highest BCUT2D eigenvalue weighted by Crippen LogP contribution is 2.51. The SMILES string of the molecule is N#Cc1c(-n2c3ccccc3c3ccccc32)c(-n2c3ccccc3c3ccccc32)c(C#N)c(-n2c3ccc(C(F)(F)F)cc3c3c4sc5ccccc5c4ccc32)c1-n1c2ccccc2c2ccccc21. The topological polar surface area (TPSA) is 67.3 Å². The van der Waals surface area contributed by atoms with Crippen LogP contribution >= 0.6 is 11.3 Å². The minimum absolute atomic E-state index is 0.217. The van der Waals surface area contributed by atoms with Crippen molar-refractivity contribution in [1.29, 1.82) is 10.5 Å². The molecule has 0 radical (unpaired) electrons. The lowest BCUT2D eigenvalue weighted by molar-refractivity contribution is -0.137. The van der Waals surface area contributed by atoms with Crippen molar-refractivity contribution in [2.45, 2.75) is 6.18 Å². The maximum atomic E-state index is 15.1. The average Bonchev–Trinajstić information content (AvgIpc) is 4.23. The van der Waals surface area contributed by atoms with E-state index in [1.807, 2.05) is 150 Å². The molecule has 0 aliphatic heterocycles. The van der Waals surface area contributed by atoms with Crippen LogP contribution in [0.4, 0.5) is 13.2 Å². The van der Waals surface area contributed by atoms with E-state index in [4.69, 9.17) is 0 Å². The van der Waals surface area contributed by atoms with Gasteiger partial charge in [-0.05, 0) is 66.7 Å². The highest BCUT2D eigenvalue weighted by Gasteiger charge is 2.36. The molecule has 0 unspecified atom stereocenters. The minimum atomic E-state index is -4.65. The summed E-state index contributed by atoms with van der Waals surface area (Å²) in [4.78, 5) is 0. The summed E-state index contributed by atoms with van der Waals surface area (Å²) in [5, 5.41) is 33.6. The number of nitrogens with zero attached hydrogens (tertiary/aromatic N) is 6. The summed E-state index contributed by atoms with van der Waals surface area (Å²) in [6, 6.07) is 70.0. The van der Waals surface area contributed by atoms with Gasteiger partial charge in [-0.1, -0.05) is 133 Å². The number of fused-ring (bicyclic) bond motifs is 16. The molecule has 15 rings (SSSR count). The number of alkyl halides is 3. The normalized spacial score (nSPS) is 12.3. The second-order valence-electron chi connectivity index (χ2n) is 18.5. The second kappa shape index (κ2) is 15.0. The molecule has 0 bridgehead atoms. The third kappa shape index (κ3) is 5.50. The van der Waals surface area contributed by atoms with Crippen LogP contribution in [0.25, 0.3) is 130 Å². The number of hydrogen-bond acceptors (Lipinski definition) is 3. The Labute approximate surface area is 416 Å². The van der Waals surface area contributed by atoms with Gasteiger partial charge >= 0.3 is 6.18 Å². The van der Waals surface area contributed by atoms with Crippen LogP contribution in [0.15, 0.2) is 200 Å². The first kappa shape index (κ1) is 41.2. The van der Waals surface area contributed by atoms with Crippen molar-refractivity contribution in [3.05, 3.63) is 217 Å². The number of aromatic nitrogens is 4. The van der Waals surface area contributed by atoms with Crippen LogP contribution in [-0.4, -0.2) is 18.3 Å². The zero-order chi connectivity index (χ0) is 48.9. The Hall–Kier alpha value is -9.61. The third-order valence-electron chi connectivity index (χ3n) is 14.9. The van der Waals surface area contributed by atoms with Gasteiger partial charge in [0.1, 0.15) is 23.3 Å². The number of nitriles is 2. The molecule has 0 fully saturated rings. The summed E-state index contributed by atoms with van der Waals surface area (Å²) >= 11 is 1.53. The monoisotopic (exact) mass is 962 g/mol. The van der Waals surface area contributed by atoms with Gasteiger partial charge in [-0.3, -0.25) is 0 Å². The maximum absolute atomic E-state index is 15.1. The van der Waals surface area contributed by atoms with Crippen LogP contribution in [0.5, 0.6) is 0 Å². The van der Waals surface area contributed by atoms with Crippen LogP contribution < -0.4 is 0 Å². The van der Waals surface area contributed by atoms with Gasteiger partial charge in [0.2, 0.25) is 0 Å². The Balaban J connectivity index is 1.27. The largest absolute Gasteiger partial charge is 0.416 e. The predicted octanol–water partition coefficient (Wildman–Crippen LogP) is 17.2. The molecule has 5 aromatic heterocycles. The number of benzene rings is 10. The van der Waals surface area contributed by atoms with Crippen molar-refractivity contribution in [2.24, 2.45) is 0 Å². The van der Waals surface area contributed by atoms with E-state index in [1.54, 1.807) is 0 Å². The van der Waals surface area contributed by atoms with Crippen LogP contribution in [0.3, 0.4) is 0 Å². The van der Waals surface area contributed by atoms with Crippen LogP contribution in [-0.2, 0) is 6.18 Å². The number of para-hydroxylation sites is 6. The highest BCUT2D eigenvalue weighted by molar-refractivity contribution is 7.26. The molecule has 342 valence electrons. The molecular weight excluding hydrogens is 930 g/mol. The molecule has 73 heavy (non-hydrogen) atoms. The van der Waals surface area contributed by atoms with E-state index in [0.29, 0.717) is 44.6 Å². The number of thiophene rings is 1. The number of halogens is 3. The first-order valence-electron chi connectivity index (χ1n) is 23.8. The summed E-state index contributed by atoms with van der Waals surface area (Å²) in [5.41, 5.74) is 7.28. The fourth-order valence-corrected chi connectivity index (χ4v) is 13.2. The van der Waals surface area contributed by atoms with Gasteiger partial charge in [0.05, 0.1) is 72.4 Å². The summed E-state index contributed by atoms with van der Waals surface area (Å²) in [5.74, 6) is 0. The molecule has 0 N–H and O–H groups in total. The molecule has 5 heterocycles. The summed E-state index contributed by atoms with van der Waals surface area (Å²) in [6.45, 7) is 0. The Bertz CT molecular complexity index is 4850. The van der Waals surface area contributed by atoms with Crippen LogP contribution in [0.1, 0.15) is 16.7 Å². The van der Waals surface area contributed by atoms with Crippen molar-refractivity contribution >= 4 is 119 Å². The second-order valence-corrected chi connectivity index (χ2v) is 19.5. The first-order valence-corrected chi connectivity index (χ1v) is 24.6. The quantitative estimate of drug-likeness (QED) is 0.176. The zero-order valence-corrected chi connectivity index (χ0v) is 39.1. The lowest BCUT2D eigenvalue weighted by atomic mass is 9.98. The van der Waals surface area contributed by atoms with Crippen molar-refractivity contribution in [2.75, 3.05) is 0 Å². The van der Waals surface area contributed by atoms with E-state index in [9.17, 15) is 10.5 Å². The minimum Gasteiger partial charge on any atom is -0.306 e. The Kier molecular flexibility index (Phi) is 8.44. The summed E-state index contributed by atoms with van der Waals surface area (Å²) < 4.78 is 55.3. The summed E-state index contributed by atoms with van der Waals surface area (Å²) in [6.07, 6.45) is -4.65. The fourth-order valence-electron chi connectivity index (χ4n) is 12.0. The number of hydrogen-bond donors (Lipinski definition) is 0. The molecule has 0 spiro atoms. The summed E-state index contributed by atoms with van der Waals surface area (Å²) in [7, 11) is 0. The third-order valence-corrected chi connectivity index (χ3v) is 16.1. The highest BCUT2D eigenvalue weighted by atomic mass is 32.1. The molecule has 10 heteroatoms. The van der Waals surface area contributed by atoms with E-state index in [2.05, 4.69) is 62.2 Å². The molecule has 15 aromatic rings. The van der Waals surface area contributed by atoms with E-state index in [1.165, 1.54) is 23.5 Å². The molecule has 0 saturated heterocycles. The van der Waals surface area contributed by atoms with Gasteiger partial charge in [-0.25, -0.2) is 0 Å². The van der Waals surface area contributed by atoms with Crippen molar-refractivity contribution < 1.29 is 13.2 Å². The molecule has 0 amide bonds. The van der Waals surface area contributed by atoms with Crippen molar-refractivity contribution in [1.82, 2.24) is 18.3 Å². The van der Waals surface area contributed by atoms with Gasteiger partial charge in [0.15, 0.2) is 0 Å². The lowest BCUT2D eigenvalue weighted by Crippen LogP contribution is -2.16. The van der Waals surface area contributed by atoms with Gasteiger partial charge in [0.25, 0.3) is 0 Å². The predicted molar refractivity (Wildman–Crippen MR) is 291 cm³/mol. The van der Waals surface area contributed by atoms with Crippen molar-refractivity contribution in [3.63, 3.8) is 0 Å². The molecule has 0 aliphatic carbocycles. The molecule has 6 nitrogen and oxygen atoms in total. The molecule has 10 aromatic carbocycles. The van der Waals surface area contributed by atoms with Gasteiger partial charge in [-0.2, -0.15) is 23.7 Å². The molecule has 0 saturated carbocycles. The van der Waals surface area contributed by atoms with E-state index in [-0.39, 0.29) is 11.1 Å². The fraction of sp³-hybridized carbons (Fsp3) is 0.0159. The van der Waals surface area contributed by atoms with Crippen LogP contribution in [0, 0.1) is 22.7 Å². The van der Waals surface area contributed by atoms with Gasteiger partial charge in [-0.15, -0.1) is 11.3 Å². The standard InChI is InChI=1S/C63H33F3N6S/c64-63(65,66)36-29-31-54-45(33-36)57-55(32-30-44-43-21-7-14-28-56(43)73-62(44)57)72(54)61-47(35-68)59(70-50-24-10-3-17-39(50)40-18-4-11-25-51(40)70)58(69-48-22-8-1-15-37(48)38-16-2-9-23-49(38)69)46(34-67)60(61)71-52-26-12-5-19-41(52)42-20-6-13-27-53(42)71/h1-33H. The number of rotatable bonds is 4. The molecule has 0 aliphatic rings. The maximum Gasteiger partial charge on any atom is 0.416 e. The smallest absolute Gasteiger partial charge is 0.306 e. The van der Waals surface area contributed by atoms with Crippen molar-refractivity contribution in [3.8, 4) is 34.9 Å². The van der Waals surface area contributed by atoms with E-state index >= 15 is 13.2 Å². The van der Waals surface area contributed by atoms with E-state index in [0.717, 1.165) is 91.7 Å². The lowest BCUT2D eigenvalue weighted by Gasteiger charge is -2.27. The Morgan fingerprint density at radius 1 is 0.342 bits per heavy atom. The Morgan fingerprint density at radius 2 is 0.671 bits per heavy atom. The van der Waals surface area contributed by atoms with Gasteiger partial charge in [0, 0.05) is 63.3 Å². The van der Waals surface area contributed by atoms with Gasteiger partial charge < -0.3 is 18.3 Å². The van der Waals surface area contributed by atoms with E-state index < -0.39 is 11.7 Å². The average molecular weight is 963 g/mol. The Morgan fingerprint density at radius 3 is 1.05 bits per heavy atom. The zero-order valence-electron chi connectivity index (χ0n) is 38.3. The first-order chi connectivity index (χ1) is 35.8.